The first-order valence-corrected chi connectivity index (χ1v) is 7.79. The number of halogens is 1. The van der Waals surface area contributed by atoms with Gasteiger partial charge in [-0.1, -0.05) is 17.7 Å². The van der Waals surface area contributed by atoms with Gasteiger partial charge in [-0.15, -0.1) is 11.8 Å². The summed E-state index contributed by atoms with van der Waals surface area (Å²) in [6, 6.07) is 5.74. The summed E-state index contributed by atoms with van der Waals surface area (Å²) in [5.41, 5.74) is 7.00. The van der Waals surface area contributed by atoms with Crippen molar-refractivity contribution >= 4 is 29.1 Å². The van der Waals surface area contributed by atoms with Crippen LogP contribution in [0.15, 0.2) is 23.1 Å². The summed E-state index contributed by atoms with van der Waals surface area (Å²) >= 11 is 8.07. The van der Waals surface area contributed by atoms with Gasteiger partial charge in [0.05, 0.1) is 10.6 Å². The highest BCUT2D eigenvalue weighted by atomic mass is 35.5. The number of benzene rings is 1. The van der Waals surface area contributed by atoms with Crippen LogP contribution >= 0.6 is 23.4 Å². The van der Waals surface area contributed by atoms with E-state index in [-0.39, 0.29) is 5.60 Å². The summed E-state index contributed by atoms with van der Waals surface area (Å²) < 4.78 is 5.95. The van der Waals surface area contributed by atoms with Gasteiger partial charge in [0.25, 0.3) is 0 Å². The zero-order valence-electron chi connectivity index (χ0n) is 10.3. The lowest BCUT2D eigenvalue weighted by Crippen LogP contribution is -2.46. The summed E-state index contributed by atoms with van der Waals surface area (Å²) in [7, 11) is 0. The summed E-state index contributed by atoms with van der Waals surface area (Å²) in [6.45, 7) is 0.877. The predicted molar refractivity (Wildman–Crippen MR) is 77.3 cm³/mol. The molecule has 0 amide bonds. The highest BCUT2D eigenvalue weighted by molar-refractivity contribution is 8.00. The summed E-state index contributed by atoms with van der Waals surface area (Å²) in [4.78, 5) is 1.04. The van der Waals surface area contributed by atoms with E-state index in [4.69, 9.17) is 22.1 Å². The Bertz CT molecular complexity index is 427. The molecule has 1 unspecified atom stereocenters. The van der Waals surface area contributed by atoms with E-state index in [1.165, 1.54) is 19.3 Å². The molecule has 98 valence electrons. The van der Waals surface area contributed by atoms with Crippen molar-refractivity contribution in [1.29, 1.82) is 0 Å². The second-order valence-corrected chi connectivity index (χ2v) is 6.99. The van der Waals surface area contributed by atoms with Gasteiger partial charge in [0.2, 0.25) is 0 Å². The molecule has 2 aliphatic rings. The molecule has 1 saturated heterocycles. The SMILES string of the molecule is Nc1cccc(Cl)c1SC1CCOC2(CCC2)C1. The molecule has 18 heavy (non-hydrogen) atoms. The van der Waals surface area contributed by atoms with Crippen molar-refractivity contribution in [2.45, 2.75) is 47.9 Å². The van der Waals surface area contributed by atoms with E-state index in [2.05, 4.69) is 0 Å². The molecular formula is C14H18ClNOS. The van der Waals surface area contributed by atoms with Gasteiger partial charge in [-0.2, -0.15) is 0 Å². The molecule has 2 fully saturated rings. The van der Waals surface area contributed by atoms with E-state index < -0.39 is 0 Å². The quantitative estimate of drug-likeness (QED) is 0.830. The van der Waals surface area contributed by atoms with Crippen molar-refractivity contribution in [2.75, 3.05) is 12.3 Å². The Labute approximate surface area is 117 Å². The number of thioether (sulfide) groups is 1. The predicted octanol–water partition coefficient (Wildman–Crippen LogP) is 4.12. The number of ether oxygens (including phenoxy) is 1. The van der Waals surface area contributed by atoms with E-state index >= 15 is 0 Å². The Morgan fingerprint density at radius 3 is 2.89 bits per heavy atom. The molecule has 1 heterocycles. The van der Waals surface area contributed by atoms with Gasteiger partial charge in [0.15, 0.2) is 0 Å². The van der Waals surface area contributed by atoms with E-state index in [9.17, 15) is 0 Å². The molecule has 1 aromatic rings. The Kier molecular flexibility index (Phi) is 3.48. The van der Waals surface area contributed by atoms with Gasteiger partial charge >= 0.3 is 0 Å². The highest BCUT2D eigenvalue weighted by Crippen LogP contribution is 2.47. The van der Waals surface area contributed by atoms with Crippen LogP contribution in [0.25, 0.3) is 0 Å². The summed E-state index contributed by atoms with van der Waals surface area (Å²) in [5.74, 6) is 0. The second-order valence-electron chi connectivity index (χ2n) is 5.28. The maximum absolute atomic E-state index is 6.24. The molecule has 1 spiro atoms. The lowest BCUT2D eigenvalue weighted by atomic mass is 9.75. The fourth-order valence-corrected chi connectivity index (χ4v) is 4.45. The molecular weight excluding hydrogens is 266 g/mol. The third kappa shape index (κ3) is 2.36. The molecule has 2 N–H and O–H groups in total. The number of nitrogens with two attached hydrogens (primary N) is 1. The third-order valence-corrected chi connectivity index (χ3v) is 5.85. The van der Waals surface area contributed by atoms with Crippen molar-refractivity contribution in [3.05, 3.63) is 23.2 Å². The van der Waals surface area contributed by atoms with Crippen molar-refractivity contribution in [2.24, 2.45) is 0 Å². The smallest absolute Gasteiger partial charge is 0.0693 e. The molecule has 0 aromatic heterocycles. The second kappa shape index (κ2) is 4.95. The molecule has 1 atom stereocenters. The zero-order valence-corrected chi connectivity index (χ0v) is 11.9. The van der Waals surface area contributed by atoms with E-state index in [0.29, 0.717) is 5.25 Å². The zero-order chi connectivity index (χ0) is 12.6. The van der Waals surface area contributed by atoms with Crippen molar-refractivity contribution < 1.29 is 4.74 Å². The van der Waals surface area contributed by atoms with Crippen LogP contribution in [-0.4, -0.2) is 17.5 Å². The molecule has 1 aliphatic heterocycles. The topological polar surface area (TPSA) is 35.2 Å². The number of nitrogen functional groups attached to an aromatic ring is 1. The van der Waals surface area contributed by atoms with E-state index in [0.717, 1.165) is 35.1 Å². The lowest BCUT2D eigenvalue weighted by Gasteiger charge is -2.47. The minimum absolute atomic E-state index is 0.186. The first kappa shape index (κ1) is 12.6. The maximum Gasteiger partial charge on any atom is 0.0693 e. The number of hydrogen-bond acceptors (Lipinski definition) is 3. The molecule has 4 heteroatoms. The lowest BCUT2D eigenvalue weighted by molar-refractivity contribution is -0.125. The van der Waals surface area contributed by atoms with Gasteiger partial charge in [-0.3, -0.25) is 0 Å². The Balaban J connectivity index is 1.72. The van der Waals surface area contributed by atoms with Crippen LogP contribution in [0, 0.1) is 0 Å². The summed E-state index contributed by atoms with van der Waals surface area (Å²) in [5, 5.41) is 1.36. The molecule has 3 rings (SSSR count). The first-order chi connectivity index (χ1) is 8.69. The van der Waals surface area contributed by atoms with Crippen molar-refractivity contribution in [3.63, 3.8) is 0 Å². The highest BCUT2D eigenvalue weighted by Gasteiger charge is 2.42. The Morgan fingerprint density at radius 2 is 2.22 bits per heavy atom. The number of rotatable bonds is 2. The Hall–Kier alpha value is -0.380. The van der Waals surface area contributed by atoms with Gasteiger partial charge in [-0.05, 0) is 44.2 Å². The van der Waals surface area contributed by atoms with Crippen LogP contribution in [0.5, 0.6) is 0 Å². The molecule has 2 nitrogen and oxygen atoms in total. The standard InChI is InChI=1S/C14H18ClNOS/c15-11-3-1-4-12(16)13(11)18-10-5-8-17-14(9-10)6-2-7-14/h1,3-4,10H,2,5-9,16H2. The van der Waals surface area contributed by atoms with Gasteiger partial charge in [0.1, 0.15) is 0 Å². The van der Waals surface area contributed by atoms with Crippen molar-refractivity contribution in [1.82, 2.24) is 0 Å². The van der Waals surface area contributed by atoms with Gasteiger partial charge in [-0.25, -0.2) is 0 Å². The summed E-state index contributed by atoms with van der Waals surface area (Å²) in [6.07, 6.45) is 6.00. The van der Waals surface area contributed by atoms with Crippen LogP contribution < -0.4 is 5.73 Å². The monoisotopic (exact) mass is 283 g/mol. The molecule has 0 bridgehead atoms. The van der Waals surface area contributed by atoms with E-state index in [1.54, 1.807) is 0 Å². The largest absolute Gasteiger partial charge is 0.398 e. The maximum atomic E-state index is 6.24. The van der Waals surface area contributed by atoms with E-state index in [1.807, 2.05) is 30.0 Å². The van der Waals surface area contributed by atoms with Gasteiger partial charge in [0, 0.05) is 22.4 Å². The van der Waals surface area contributed by atoms with Crippen LogP contribution in [0.1, 0.15) is 32.1 Å². The van der Waals surface area contributed by atoms with Crippen LogP contribution in [0.3, 0.4) is 0 Å². The average molecular weight is 284 g/mol. The molecule has 1 aliphatic carbocycles. The number of anilines is 1. The van der Waals surface area contributed by atoms with Crippen LogP contribution in [0.4, 0.5) is 5.69 Å². The normalized spacial score (nSPS) is 25.9. The third-order valence-electron chi connectivity index (χ3n) is 3.99. The average Bonchev–Trinajstić information content (AvgIpc) is 2.33. The van der Waals surface area contributed by atoms with Crippen LogP contribution in [-0.2, 0) is 4.74 Å². The first-order valence-electron chi connectivity index (χ1n) is 6.53. The minimum atomic E-state index is 0.186. The molecule has 0 radical (unpaired) electrons. The number of hydrogen-bond donors (Lipinski definition) is 1. The minimum Gasteiger partial charge on any atom is -0.398 e. The fourth-order valence-electron chi connectivity index (χ4n) is 2.82. The van der Waals surface area contributed by atoms with Gasteiger partial charge < -0.3 is 10.5 Å². The van der Waals surface area contributed by atoms with Crippen molar-refractivity contribution in [3.8, 4) is 0 Å². The van der Waals surface area contributed by atoms with Crippen LogP contribution in [0.2, 0.25) is 5.02 Å². The fraction of sp³-hybridized carbons (Fsp3) is 0.571. The molecule has 1 aromatic carbocycles. The molecule has 1 saturated carbocycles. The Morgan fingerprint density at radius 1 is 1.39 bits per heavy atom.